The molecule has 1 aliphatic rings. The molecular weight excluding hydrogens is 338 g/mol. The number of allylic oxidation sites excluding steroid dienone is 1. The van der Waals surface area contributed by atoms with Crippen LogP contribution in [0.4, 0.5) is 0 Å². The molecule has 1 aliphatic heterocycles. The van der Waals surface area contributed by atoms with Gasteiger partial charge in [-0.3, -0.25) is 9.79 Å². The highest BCUT2D eigenvalue weighted by Gasteiger charge is 2.17. The molecule has 1 heterocycles. The third kappa shape index (κ3) is 4.63. The Hall–Kier alpha value is -2.92. The van der Waals surface area contributed by atoms with Gasteiger partial charge in [0.05, 0.1) is 12.8 Å². The fourth-order valence-electron chi connectivity index (χ4n) is 3.00. The molecule has 0 saturated heterocycles. The minimum absolute atomic E-state index is 0.110. The summed E-state index contributed by atoms with van der Waals surface area (Å²) in [7, 11) is 1.63. The number of carbonyl (C=O) groups excluding carboxylic acids is 1. The van der Waals surface area contributed by atoms with Crippen molar-refractivity contribution in [2.24, 2.45) is 16.6 Å². The summed E-state index contributed by atoms with van der Waals surface area (Å²) in [6, 6.07) is 15.1. The number of benzene rings is 2. The Morgan fingerprint density at radius 1 is 1.15 bits per heavy atom. The molecule has 2 unspecified atom stereocenters. The number of methoxy groups -OCH3 is 1. The molecule has 0 fully saturated rings. The van der Waals surface area contributed by atoms with Gasteiger partial charge in [0.15, 0.2) is 0 Å². The van der Waals surface area contributed by atoms with Crippen molar-refractivity contribution in [3.05, 3.63) is 77.4 Å². The topological polar surface area (TPSA) is 76.7 Å². The van der Waals surface area contributed by atoms with Gasteiger partial charge in [0.2, 0.25) is 0 Å². The Labute approximate surface area is 160 Å². The lowest BCUT2D eigenvalue weighted by Crippen LogP contribution is -2.30. The minimum atomic E-state index is -0.206. The van der Waals surface area contributed by atoms with Gasteiger partial charge in [0, 0.05) is 18.0 Å². The van der Waals surface area contributed by atoms with E-state index in [9.17, 15) is 4.79 Å². The molecule has 3 N–H and O–H groups in total. The highest BCUT2D eigenvalue weighted by molar-refractivity contribution is 6.09. The van der Waals surface area contributed by atoms with Crippen LogP contribution in [0.5, 0.6) is 5.75 Å². The first-order valence-electron chi connectivity index (χ1n) is 9.14. The zero-order valence-electron chi connectivity index (χ0n) is 15.7. The summed E-state index contributed by atoms with van der Waals surface area (Å²) in [5.74, 6) is 0.975. The number of carbonyl (C=O) groups is 1. The van der Waals surface area contributed by atoms with Crippen LogP contribution in [0, 0.1) is 5.92 Å². The lowest BCUT2D eigenvalue weighted by atomic mass is 9.97. The van der Waals surface area contributed by atoms with Crippen molar-refractivity contribution in [2.45, 2.75) is 26.1 Å². The van der Waals surface area contributed by atoms with Crippen molar-refractivity contribution in [1.82, 2.24) is 5.32 Å². The quantitative estimate of drug-likeness (QED) is 0.827. The van der Waals surface area contributed by atoms with Crippen LogP contribution in [-0.4, -0.2) is 24.9 Å². The van der Waals surface area contributed by atoms with Crippen LogP contribution in [0.25, 0.3) is 0 Å². The number of rotatable bonds is 6. The van der Waals surface area contributed by atoms with E-state index in [4.69, 9.17) is 10.5 Å². The monoisotopic (exact) mass is 363 g/mol. The van der Waals surface area contributed by atoms with Crippen LogP contribution in [-0.2, 0) is 6.54 Å². The minimum Gasteiger partial charge on any atom is -0.497 e. The molecule has 140 valence electrons. The van der Waals surface area contributed by atoms with E-state index in [0.717, 1.165) is 29.0 Å². The number of nitrogens with two attached hydrogens (primary N) is 1. The van der Waals surface area contributed by atoms with Gasteiger partial charge in [-0.25, -0.2) is 0 Å². The van der Waals surface area contributed by atoms with Crippen molar-refractivity contribution < 1.29 is 9.53 Å². The molecule has 0 bridgehead atoms. The number of nitrogens with zero attached hydrogens (tertiary/aromatic N) is 1. The largest absolute Gasteiger partial charge is 0.497 e. The molecule has 27 heavy (non-hydrogen) atoms. The van der Waals surface area contributed by atoms with Crippen molar-refractivity contribution >= 4 is 11.6 Å². The molecule has 5 nitrogen and oxygen atoms in total. The van der Waals surface area contributed by atoms with Crippen LogP contribution in [0.3, 0.4) is 0 Å². The third-order valence-corrected chi connectivity index (χ3v) is 4.75. The summed E-state index contributed by atoms with van der Waals surface area (Å²) in [6.45, 7) is 2.57. The first-order chi connectivity index (χ1) is 13.1. The number of ether oxygens (including phenoxy) is 1. The van der Waals surface area contributed by atoms with E-state index in [1.165, 1.54) is 0 Å². The fraction of sp³-hybridized carbons (Fsp3) is 0.273. The summed E-state index contributed by atoms with van der Waals surface area (Å²) >= 11 is 0. The van der Waals surface area contributed by atoms with Crippen molar-refractivity contribution in [3.63, 3.8) is 0 Å². The number of dihydropyridines is 1. The molecule has 2 aromatic carbocycles. The van der Waals surface area contributed by atoms with Gasteiger partial charge in [-0.15, -0.1) is 0 Å². The summed E-state index contributed by atoms with van der Waals surface area (Å²) in [6.07, 6.45) is 4.89. The molecule has 0 radical (unpaired) electrons. The third-order valence-electron chi connectivity index (χ3n) is 4.75. The predicted octanol–water partition coefficient (Wildman–Crippen LogP) is 3.30. The second-order valence-electron chi connectivity index (χ2n) is 6.54. The maximum atomic E-state index is 12.4. The van der Waals surface area contributed by atoms with Gasteiger partial charge >= 0.3 is 0 Å². The standard InChI is InChI=1S/C22H25N3O2/c1-3-16-10-13-20(25-21(16)23)17-6-8-18(9-7-17)22(26)24-14-15-4-11-19(27-2)12-5-15/h4-13,16,21H,3,14,23H2,1-2H3,(H,24,26). The van der Waals surface area contributed by atoms with Gasteiger partial charge in [-0.05, 0) is 47.9 Å². The van der Waals surface area contributed by atoms with Gasteiger partial charge in [0.1, 0.15) is 11.9 Å². The molecule has 2 atom stereocenters. The number of aliphatic imine (C=N–C) groups is 1. The van der Waals surface area contributed by atoms with E-state index >= 15 is 0 Å². The van der Waals surface area contributed by atoms with Crippen LogP contribution in [0.15, 0.2) is 65.7 Å². The van der Waals surface area contributed by atoms with Gasteiger partial charge in [0.25, 0.3) is 5.91 Å². The number of nitrogens with one attached hydrogen (secondary N) is 1. The Balaban J connectivity index is 1.61. The van der Waals surface area contributed by atoms with Gasteiger partial charge < -0.3 is 15.8 Å². The Kier molecular flexibility index (Phi) is 6.04. The zero-order chi connectivity index (χ0) is 19.2. The molecular formula is C22H25N3O2. The average Bonchev–Trinajstić information content (AvgIpc) is 2.72. The van der Waals surface area contributed by atoms with Gasteiger partial charge in [-0.2, -0.15) is 0 Å². The lowest BCUT2D eigenvalue weighted by Gasteiger charge is -2.21. The fourth-order valence-corrected chi connectivity index (χ4v) is 3.00. The van der Waals surface area contributed by atoms with Crippen LogP contribution < -0.4 is 15.8 Å². The summed E-state index contributed by atoms with van der Waals surface area (Å²) < 4.78 is 5.13. The van der Waals surface area contributed by atoms with Crippen molar-refractivity contribution in [1.29, 1.82) is 0 Å². The Morgan fingerprint density at radius 3 is 2.44 bits per heavy atom. The Morgan fingerprint density at radius 2 is 1.85 bits per heavy atom. The number of amides is 1. The number of hydrogen-bond donors (Lipinski definition) is 2. The van der Waals surface area contributed by atoms with E-state index in [-0.39, 0.29) is 18.0 Å². The Bertz CT molecular complexity index is 839. The number of hydrogen-bond acceptors (Lipinski definition) is 4. The second kappa shape index (κ2) is 8.64. The van der Waals surface area contributed by atoms with E-state index in [1.807, 2.05) is 54.6 Å². The normalized spacial score (nSPS) is 18.7. The molecule has 0 saturated carbocycles. The van der Waals surface area contributed by atoms with Crippen molar-refractivity contribution in [3.8, 4) is 5.75 Å². The van der Waals surface area contributed by atoms with Crippen LogP contribution >= 0.6 is 0 Å². The van der Waals surface area contributed by atoms with Crippen LogP contribution in [0.2, 0.25) is 0 Å². The molecule has 0 aliphatic carbocycles. The van der Waals surface area contributed by atoms with Crippen LogP contribution in [0.1, 0.15) is 34.8 Å². The molecule has 1 amide bonds. The maximum absolute atomic E-state index is 12.4. The van der Waals surface area contributed by atoms with E-state index < -0.39 is 0 Å². The summed E-state index contributed by atoms with van der Waals surface area (Å²) in [5.41, 5.74) is 9.55. The summed E-state index contributed by atoms with van der Waals surface area (Å²) in [4.78, 5) is 16.9. The summed E-state index contributed by atoms with van der Waals surface area (Å²) in [5, 5.41) is 2.93. The highest BCUT2D eigenvalue weighted by atomic mass is 16.5. The van der Waals surface area contributed by atoms with E-state index in [0.29, 0.717) is 12.1 Å². The van der Waals surface area contributed by atoms with E-state index in [2.05, 4.69) is 23.3 Å². The first kappa shape index (κ1) is 18.9. The van der Waals surface area contributed by atoms with Gasteiger partial charge in [-0.1, -0.05) is 37.3 Å². The second-order valence-corrected chi connectivity index (χ2v) is 6.54. The zero-order valence-corrected chi connectivity index (χ0v) is 15.7. The lowest BCUT2D eigenvalue weighted by molar-refractivity contribution is 0.0951. The van der Waals surface area contributed by atoms with Crippen molar-refractivity contribution in [2.75, 3.05) is 7.11 Å². The molecule has 5 heteroatoms. The smallest absolute Gasteiger partial charge is 0.251 e. The average molecular weight is 363 g/mol. The molecule has 0 spiro atoms. The van der Waals surface area contributed by atoms with E-state index in [1.54, 1.807) is 7.11 Å². The molecule has 2 aromatic rings. The molecule has 0 aromatic heterocycles. The SMILES string of the molecule is CCC1C=CC(c2ccc(C(=O)NCc3ccc(OC)cc3)cc2)=NC1N. The molecule has 3 rings (SSSR count). The highest BCUT2D eigenvalue weighted by Crippen LogP contribution is 2.18. The predicted molar refractivity (Wildman–Crippen MR) is 108 cm³/mol. The first-order valence-corrected chi connectivity index (χ1v) is 9.14. The maximum Gasteiger partial charge on any atom is 0.251 e.